The fourth-order valence-corrected chi connectivity index (χ4v) is 6.54. The van der Waals surface area contributed by atoms with E-state index in [2.05, 4.69) is 99.3 Å². The van der Waals surface area contributed by atoms with Crippen LogP contribution >= 0.6 is 0 Å². The zero-order valence-electron chi connectivity index (χ0n) is 16.1. The lowest BCUT2D eigenvalue weighted by Crippen LogP contribution is -2.46. The summed E-state index contributed by atoms with van der Waals surface area (Å²) < 4.78 is 2.57. The SMILES string of the molecule is Cc1cccc2c1cc([Si](C)(C)C)n2-c1ccccc1[Si](C)(C)C. The maximum Gasteiger partial charge on any atom is 0.0990 e. The van der Waals surface area contributed by atoms with Gasteiger partial charge in [0.05, 0.1) is 21.7 Å². The van der Waals surface area contributed by atoms with Gasteiger partial charge >= 0.3 is 0 Å². The first kappa shape index (κ1) is 17.2. The van der Waals surface area contributed by atoms with Crippen LogP contribution in [0.2, 0.25) is 39.3 Å². The summed E-state index contributed by atoms with van der Waals surface area (Å²) in [5.41, 5.74) is 4.13. The molecule has 0 fully saturated rings. The maximum absolute atomic E-state index is 2.57. The number of hydrogen-bond donors (Lipinski definition) is 0. The standard InChI is InChI=1S/C21H29NSi2/c1-16-11-10-13-18-17(16)15-21(24(5,6)7)22(18)19-12-8-9-14-20(19)23(2,3)4/h8-15H,1-7H3. The fourth-order valence-electron chi connectivity index (χ4n) is 3.49. The van der Waals surface area contributed by atoms with E-state index < -0.39 is 16.1 Å². The minimum Gasteiger partial charge on any atom is -0.318 e. The van der Waals surface area contributed by atoms with Gasteiger partial charge in [0.2, 0.25) is 0 Å². The van der Waals surface area contributed by atoms with Crippen LogP contribution in [0.25, 0.3) is 16.6 Å². The Morgan fingerprint density at radius 3 is 2.04 bits per heavy atom. The molecule has 0 saturated heterocycles. The Bertz CT molecular complexity index is 892. The lowest BCUT2D eigenvalue weighted by molar-refractivity contribution is 1.16. The van der Waals surface area contributed by atoms with Gasteiger partial charge in [0.15, 0.2) is 0 Å². The molecule has 0 atom stereocenters. The van der Waals surface area contributed by atoms with Crippen molar-refractivity contribution < 1.29 is 0 Å². The highest BCUT2D eigenvalue weighted by molar-refractivity contribution is 6.90. The Hall–Kier alpha value is -1.59. The van der Waals surface area contributed by atoms with Crippen molar-refractivity contribution in [1.29, 1.82) is 0 Å². The average Bonchev–Trinajstić information content (AvgIpc) is 2.87. The van der Waals surface area contributed by atoms with Crippen molar-refractivity contribution in [2.75, 3.05) is 0 Å². The van der Waals surface area contributed by atoms with Crippen LogP contribution in [0.4, 0.5) is 0 Å². The van der Waals surface area contributed by atoms with E-state index >= 15 is 0 Å². The number of para-hydroxylation sites is 1. The minimum atomic E-state index is -1.47. The number of nitrogens with zero attached hydrogens (tertiary/aromatic N) is 1. The normalized spacial score (nSPS) is 12.8. The quantitative estimate of drug-likeness (QED) is 0.583. The number of hydrogen-bond acceptors (Lipinski definition) is 0. The van der Waals surface area contributed by atoms with Crippen LogP contribution in [-0.4, -0.2) is 20.7 Å². The Balaban J connectivity index is 2.45. The van der Waals surface area contributed by atoms with Crippen LogP contribution < -0.4 is 10.5 Å². The van der Waals surface area contributed by atoms with Crippen molar-refractivity contribution in [3.8, 4) is 5.69 Å². The third-order valence-corrected chi connectivity index (χ3v) is 8.73. The van der Waals surface area contributed by atoms with Gasteiger partial charge in [-0.3, -0.25) is 0 Å². The summed E-state index contributed by atoms with van der Waals surface area (Å²) in [5.74, 6) is 0. The second kappa shape index (κ2) is 5.74. The number of benzene rings is 2. The average molecular weight is 352 g/mol. The lowest BCUT2D eigenvalue weighted by Gasteiger charge is -2.26. The van der Waals surface area contributed by atoms with E-state index in [0.29, 0.717) is 0 Å². The molecule has 24 heavy (non-hydrogen) atoms. The highest BCUT2D eigenvalue weighted by Gasteiger charge is 2.27. The molecule has 0 radical (unpaired) electrons. The van der Waals surface area contributed by atoms with Gasteiger partial charge in [-0.2, -0.15) is 0 Å². The van der Waals surface area contributed by atoms with Crippen molar-refractivity contribution in [2.45, 2.75) is 46.2 Å². The summed E-state index contributed by atoms with van der Waals surface area (Å²) in [6, 6.07) is 18.2. The molecule has 0 aliphatic heterocycles. The van der Waals surface area contributed by atoms with Crippen LogP contribution in [-0.2, 0) is 0 Å². The summed E-state index contributed by atoms with van der Waals surface area (Å²) in [6.45, 7) is 16.9. The van der Waals surface area contributed by atoms with E-state index in [1.165, 1.54) is 27.5 Å². The molecule has 3 aromatic rings. The van der Waals surface area contributed by atoms with E-state index in [0.717, 1.165) is 0 Å². The molecule has 3 heteroatoms. The molecule has 0 spiro atoms. The summed E-state index contributed by atoms with van der Waals surface area (Å²) in [5, 5.41) is 4.47. The molecule has 2 aromatic carbocycles. The number of fused-ring (bicyclic) bond motifs is 1. The van der Waals surface area contributed by atoms with Gasteiger partial charge in [-0.05, 0) is 35.9 Å². The largest absolute Gasteiger partial charge is 0.318 e. The molecule has 0 saturated carbocycles. The zero-order chi connectivity index (χ0) is 17.7. The molecule has 1 heterocycles. The first-order valence-electron chi connectivity index (χ1n) is 8.82. The highest BCUT2D eigenvalue weighted by atomic mass is 28.3. The Morgan fingerprint density at radius 1 is 0.750 bits per heavy atom. The van der Waals surface area contributed by atoms with E-state index in [4.69, 9.17) is 0 Å². The van der Waals surface area contributed by atoms with E-state index in [9.17, 15) is 0 Å². The van der Waals surface area contributed by atoms with Crippen molar-refractivity contribution in [1.82, 2.24) is 4.57 Å². The van der Waals surface area contributed by atoms with Gasteiger partial charge in [-0.15, -0.1) is 0 Å². The first-order chi connectivity index (χ1) is 11.1. The topological polar surface area (TPSA) is 4.93 Å². The first-order valence-corrected chi connectivity index (χ1v) is 15.8. The third-order valence-electron chi connectivity index (χ3n) is 4.79. The molecular weight excluding hydrogens is 322 g/mol. The van der Waals surface area contributed by atoms with Gasteiger partial charge in [0.25, 0.3) is 0 Å². The second-order valence-corrected chi connectivity index (χ2v) is 18.9. The molecule has 126 valence electrons. The van der Waals surface area contributed by atoms with Crippen LogP contribution in [0.3, 0.4) is 0 Å². The molecule has 0 aliphatic rings. The van der Waals surface area contributed by atoms with Crippen molar-refractivity contribution in [2.24, 2.45) is 0 Å². The van der Waals surface area contributed by atoms with E-state index in [1.807, 2.05) is 0 Å². The predicted octanol–water partition coefficient (Wildman–Crippen LogP) is 5.03. The van der Waals surface area contributed by atoms with Crippen LogP contribution in [0.15, 0.2) is 48.5 Å². The van der Waals surface area contributed by atoms with Gasteiger partial charge in [0.1, 0.15) is 0 Å². The van der Waals surface area contributed by atoms with Crippen LogP contribution in [0.5, 0.6) is 0 Å². The molecule has 1 aromatic heterocycles. The lowest BCUT2D eigenvalue weighted by atomic mass is 10.1. The Morgan fingerprint density at radius 2 is 1.42 bits per heavy atom. The van der Waals surface area contributed by atoms with Gasteiger partial charge in [0, 0.05) is 16.4 Å². The summed E-state index contributed by atoms with van der Waals surface area (Å²) >= 11 is 0. The van der Waals surface area contributed by atoms with Gasteiger partial charge in [-0.25, -0.2) is 0 Å². The van der Waals surface area contributed by atoms with Crippen LogP contribution in [0.1, 0.15) is 5.56 Å². The van der Waals surface area contributed by atoms with E-state index in [1.54, 1.807) is 5.19 Å². The summed E-state index contributed by atoms with van der Waals surface area (Å²) in [4.78, 5) is 0. The number of aromatic nitrogens is 1. The second-order valence-electron chi connectivity index (χ2n) is 8.89. The molecule has 3 rings (SSSR count). The maximum atomic E-state index is 2.57. The number of aryl methyl sites for hydroxylation is 1. The summed E-state index contributed by atoms with van der Waals surface area (Å²) in [7, 11) is -2.89. The van der Waals surface area contributed by atoms with Crippen molar-refractivity contribution in [3.63, 3.8) is 0 Å². The van der Waals surface area contributed by atoms with Crippen molar-refractivity contribution >= 4 is 37.6 Å². The van der Waals surface area contributed by atoms with Crippen LogP contribution in [0, 0.1) is 6.92 Å². The fraction of sp³-hybridized carbons (Fsp3) is 0.333. The smallest absolute Gasteiger partial charge is 0.0990 e. The van der Waals surface area contributed by atoms with E-state index in [-0.39, 0.29) is 0 Å². The monoisotopic (exact) mass is 351 g/mol. The minimum absolute atomic E-state index is 1.36. The molecule has 1 nitrogen and oxygen atoms in total. The Kier molecular flexibility index (Phi) is 4.13. The third kappa shape index (κ3) is 2.91. The molecule has 0 unspecified atom stereocenters. The van der Waals surface area contributed by atoms with Crippen molar-refractivity contribution in [3.05, 3.63) is 54.1 Å². The zero-order valence-corrected chi connectivity index (χ0v) is 18.1. The summed E-state index contributed by atoms with van der Waals surface area (Å²) in [6.07, 6.45) is 0. The highest BCUT2D eigenvalue weighted by Crippen LogP contribution is 2.25. The predicted molar refractivity (Wildman–Crippen MR) is 114 cm³/mol. The van der Waals surface area contributed by atoms with Gasteiger partial charge in [-0.1, -0.05) is 69.6 Å². The number of rotatable bonds is 3. The Labute approximate surface area is 148 Å². The molecule has 0 aliphatic carbocycles. The van der Waals surface area contributed by atoms with Gasteiger partial charge < -0.3 is 4.57 Å². The molecule has 0 amide bonds. The molecule has 0 bridgehead atoms. The molecule has 0 N–H and O–H groups in total. The molecular formula is C21H29NSi2.